The van der Waals surface area contributed by atoms with E-state index in [-0.39, 0.29) is 19.1 Å². The first-order valence-corrected chi connectivity index (χ1v) is 7.29. The van der Waals surface area contributed by atoms with Crippen molar-refractivity contribution in [2.45, 2.75) is 19.8 Å². The number of ether oxygens (including phenoxy) is 2. The van der Waals surface area contributed by atoms with E-state index in [0.29, 0.717) is 25.1 Å². The minimum Gasteiger partial charge on any atom is -0.496 e. The second-order valence-electron chi connectivity index (χ2n) is 5.44. The molecule has 0 radical (unpaired) electrons. The van der Waals surface area contributed by atoms with Gasteiger partial charge in [-0.3, -0.25) is 9.59 Å². The first-order chi connectivity index (χ1) is 10.5. The lowest BCUT2D eigenvalue weighted by Crippen LogP contribution is -2.44. The topological polar surface area (TPSA) is 76.1 Å². The molecule has 1 unspecified atom stereocenters. The number of likely N-dealkylation sites (tertiary alicyclic amines) is 1. The molecule has 0 bridgehead atoms. The van der Waals surface area contributed by atoms with Crippen molar-refractivity contribution < 1.29 is 24.2 Å². The minimum absolute atomic E-state index is 0.0852. The molecule has 6 nitrogen and oxygen atoms in total. The predicted molar refractivity (Wildman–Crippen MR) is 80.2 cm³/mol. The molecule has 1 heterocycles. The molecule has 0 spiro atoms. The quantitative estimate of drug-likeness (QED) is 0.896. The third kappa shape index (κ3) is 3.90. The van der Waals surface area contributed by atoms with Crippen LogP contribution in [-0.2, 0) is 9.59 Å². The van der Waals surface area contributed by atoms with Gasteiger partial charge in [0.1, 0.15) is 11.5 Å². The number of hydrogen-bond donors (Lipinski definition) is 1. The van der Waals surface area contributed by atoms with Crippen molar-refractivity contribution in [2.75, 3.05) is 26.8 Å². The van der Waals surface area contributed by atoms with Crippen molar-refractivity contribution in [2.24, 2.45) is 5.92 Å². The monoisotopic (exact) mass is 307 g/mol. The van der Waals surface area contributed by atoms with Gasteiger partial charge in [0.25, 0.3) is 5.91 Å². The SMILES string of the molecule is COc1ccc(OCC(=O)N2CCCC(C(=O)O)C2)cc1C. The summed E-state index contributed by atoms with van der Waals surface area (Å²) in [5.41, 5.74) is 0.927. The summed E-state index contributed by atoms with van der Waals surface area (Å²) in [6.45, 7) is 2.67. The molecular weight excluding hydrogens is 286 g/mol. The van der Waals surface area contributed by atoms with Crippen LogP contribution in [-0.4, -0.2) is 48.7 Å². The molecule has 1 aliphatic rings. The fourth-order valence-corrected chi connectivity index (χ4v) is 2.58. The van der Waals surface area contributed by atoms with Gasteiger partial charge in [-0.2, -0.15) is 0 Å². The van der Waals surface area contributed by atoms with Gasteiger partial charge in [-0.1, -0.05) is 0 Å². The van der Waals surface area contributed by atoms with Crippen molar-refractivity contribution >= 4 is 11.9 Å². The smallest absolute Gasteiger partial charge is 0.308 e. The standard InChI is InChI=1S/C16H21NO5/c1-11-8-13(5-6-14(11)21-2)22-10-15(18)17-7-3-4-12(9-17)16(19)20/h5-6,8,12H,3-4,7,9-10H2,1-2H3,(H,19,20). The summed E-state index contributed by atoms with van der Waals surface area (Å²) in [5.74, 6) is -0.137. The van der Waals surface area contributed by atoms with Crippen molar-refractivity contribution in [1.29, 1.82) is 0 Å². The Morgan fingerprint density at radius 2 is 2.18 bits per heavy atom. The van der Waals surface area contributed by atoms with Crippen LogP contribution in [0.4, 0.5) is 0 Å². The molecule has 120 valence electrons. The molecular formula is C16H21NO5. The summed E-state index contributed by atoms with van der Waals surface area (Å²) in [6, 6.07) is 5.34. The Labute approximate surface area is 129 Å². The van der Waals surface area contributed by atoms with Crippen molar-refractivity contribution in [3.05, 3.63) is 23.8 Å². The number of rotatable bonds is 5. The number of carboxylic acid groups (broad SMARTS) is 1. The Hall–Kier alpha value is -2.24. The van der Waals surface area contributed by atoms with E-state index in [1.54, 1.807) is 24.1 Å². The van der Waals surface area contributed by atoms with Crippen LogP contribution in [0.25, 0.3) is 0 Å². The molecule has 1 aromatic rings. The Kier molecular flexibility index (Phi) is 5.25. The lowest BCUT2D eigenvalue weighted by atomic mass is 9.98. The van der Waals surface area contributed by atoms with E-state index in [1.165, 1.54) is 0 Å². The Balaban J connectivity index is 1.89. The molecule has 0 aliphatic carbocycles. The molecule has 1 saturated heterocycles. The molecule has 0 aromatic heterocycles. The number of aryl methyl sites for hydroxylation is 1. The number of carboxylic acids is 1. The first-order valence-electron chi connectivity index (χ1n) is 7.29. The molecule has 6 heteroatoms. The number of aliphatic carboxylic acids is 1. The maximum absolute atomic E-state index is 12.1. The molecule has 0 saturated carbocycles. The third-order valence-corrected chi connectivity index (χ3v) is 3.85. The van der Waals surface area contributed by atoms with Crippen molar-refractivity contribution in [1.82, 2.24) is 4.90 Å². The molecule has 1 aromatic carbocycles. The van der Waals surface area contributed by atoms with Crippen LogP contribution >= 0.6 is 0 Å². The number of carbonyl (C=O) groups excluding carboxylic acids is 1. The molecule has 1 aliphatic heterocycles. The van der Waals surface area contributed by atoms with E-state index in [0.717, 1.165) is 11.3 Å². The molecule has 1 fully saturated rings. The molecule has 1 amide bonds. The molecule has 2 rings (SSSR count). The summed E-state index contributed by atoms with van der Waals surface area (Å²) in [5, 5.41) is 9.04. The number of carbonyl (C=O) groups is 2. The minimum atomic E-state index is -0.843. The second-order valence-corrected chi connectivity index (χ2v) is 5.44. The normalized spacial score (nSPS) is 17.9. The largest absolute Gasteiger partial charge is 0.496 e. The van der Waals surface area contributed by atoms with E-state index in [9.17, 15) is 9.59 Å². The average molecular weight is 307 g/mol. The number of hydrogen-bond acceptors (Lipinski definition) is 4. The summed E-state index contributed by atoms with van der Waals surface area (Å²) < 4.78 is 10.7. The van der Waals surface area contributed by atoms with Gasteiger partial charge in [-0.15, -0.1) is 0 Å². The van der Waals surface area contributed by atoms with E-state index in [2.05, 4.69) is 0 Å². The number of methoxy groups -OCH3 is 1. The molecule has 1 N–H and O–H groups in total. The van der Waals surface area contributed by atoms with Gasteiger partial charge in [0.2, 0.25) is 0 Å². The third-order valence-electron chi connectivity index (χ3n) is 3.85. The van der Waals surface area contributed by atoms with Crippen LogP contribution in [0.1, 0.15) is 18.4 Å². The van der Waals surface area contributed by atoms with E-state index < -0.39 is 11.9 Å². The highest BCUT2D eigenvalue weighted by Crippen LogP contribution is 2.23. The van der Waals surface area contributed by atoms with Gasteiger partial charge >= 0.3 is 5.97 Å². The van der Waals surface area contributed by atoms with Crippen LogP contribution in [0, 0.1) is 12.8 Å². The summed E-state index contributed by atoms with van der Waals surface area (Å²) in [4.78, 5) is 24.7. The van der Waals surface area contributed by atoms with Crippen LogP contribution in [0.2, 0.25) is 0 Å². The summed E-state index contributed by atoms with van der Waals surface area (Å²) >= 11 is 0. The van der Waals surface area contributed by atoms with Crippen LogP contribution < -0.4 is 9.47 Å². The summed E-state index contributed by atoms with van der Waals surface area (Å²) in [7, 11) is 1.60. The zero-order valence-corrected chi connectivity index (χ0v) is 12.9. The molecule has 22 heavy (non-hydrogen) atoms. The fourth-order valence-electron chi connectivity index (χ4n) is 2.58. The number of amides is 1. The zero-order valence-electron chi connectivity index (χ0n) is 12.9. The highest BCUT2D eigenvalue weighted by atomic mass is 16.5. The van der Waals surface area contributed by atoms with Gasteiger partial charge in [0, 0.05) is 13.1 Å². The van der Waals surface area contributed by atoms with Gasteiger partial charge in [-0.05, 0) is 43.5 Å². The summed E-state index contributed by atoms with van der Waals surface area (Å²) in [6.07, 6.45) is 1.34. The highest BCUT2D eigenvalue weighted by molar-refractivity contribution is 5.79. The van der Waals surface area contributed by atoms with E-state index in [1.807, 2.05) is 13.0 Å². The van der Waals surface area contributed by atoms with E-state index in [4.69, 9.17) is 14.6 Å². The number of nitrogens with zero attached hydrogens (tertiary/aromatic N) is 1. The van der Waals surface area contributed by atoms with Gasteiger partial charge in [-0.25, -0.2) is 0 Å². The Bertz CT molecular complexity index is 557. The van der Waals surface area contributed by atoms with Gasteiger partial charge in [0.15, 0.2) is 6.61 Å². The Morgan fingerprint density at radius 1 is 1.41 bits per heavy atom. The van der Waals surface area contributed by atoms with Crippen LogP contribution in [0.15, 0.2) is 18.2 Å². The lowest BCUT2D eigenvalue weighted by molar-refractivity contribution is -0.146. The van der Waals surface area contributed by atoms with Gasteiger partial charge in [0.05, 0.1) is 13.0 Å². The zero-order chi connectivity index (χ0) is 16.1. The fraction of sp³-hybridized carbons (Fsp3) is 0.500. The highest BCUT2D eigenvalue weighted by Gasteiger charge is 2.28. The maximum Gasteiger partial charge on any atom is 0.308 e. The van der Waals surface area contributed by atoms with Gasteiger partial charge < -0.3 is 19.5 Å². The predicted octanol–water partition coefficient (Wildman–Crippen LogP) is 1.71. The van der Waals surface area contributed by atoms with Crippen LogP contribution in [0.3, 0.4) is 0 Å². The van der Waals surface area contributed by atoms with Crippen molar-refractivity contribution in [3.63, 3.8) is 0 Å². The first kappa shape index (κ1) is 16.1. The van der Waals surface area contributed by atoms with Crippen LogP contribution in [0.5, 0.6) is 11.5 Å². The number of piperidine rings is 1. The molecule has 1 atom stereocenters. The average Bonchev–Trinajstić information content (AvgIpc) is 2.52. The number of benzene rings is 1. The van der Waals surface area contributed by atoms with Crippen molar-refractivity contribution in [3.8, 4) is 11.5 Å². The lowest BCUT2D eigenvalue weighted by Gasteiger charge is -2.30. The van der Waals surface area contributed by atoms with E-state index >= 15 is 0 Å². The second kappa shape index (κ2) is 7.15. The Morgan fingerprint density at radius 3 is 2.82 bits per heavy atom. The maximum atomic E-state index is 12.1.